The van der Waals surface area contributed by atoms with E-state index in [-0.39, 0.29) is 5.54 Å². The molecule has 2 aliphatic heterocycles. The normalized spacial score (nSPS) is 37.2. The first-order valence-electron chi connectivity index (χ1n) is 7.02. The average molecular weight is 274 g/mol. The van der Waals surface area contributed by atoms with E-state index < -0.39 is 9.84 Å². The van der Waals surface area contributed by atoms with Crippen molar-refractivity contribution in [2.45, 2.75) is 57.7 Å². The Kier molecular flexibility index (Phi) is 4.04. The van der Waals surface area contributed by atoms with Crippen LogP contribution in [0.4, 0.5) is 0 Å². The van der Waals surface area contributed by atoms with Gasteiger partial charge in [-0.05, 0) is 32.7 Å². The minimum atomic E-state index is -2.81. The maximum Gasteiger partial charge on any atom is 0.152 e. The summed E-state index contributed by atoms with van der Waals surface area (Å²) in [6.45, 7) is 8.49. The number of piperidine rings is 1. The van der Waals surface area contributed by atoms with Gasteiger partial charge in [-0.15, -0.1) is 0 Å². The molecule has 0 saturated carbocycles. The first-order chi connectivity index (χ1) is 8.31. The second-order valence-electron chi connectivity index (χ2n) is 6.45. The first kappa shape index (κ1) is 14.3. The topological polar surface area (TPSA) is 49.4 Å². The molecule has 2 saturated heterocycles. The van der Waals surface area contributed by atoms with Crippen molar-refractivity contribution in [3.63, 3.8) is 0 Å². The molecule has 2 unspecified atom stereocenters. The Morgan fingerprint density at radius 2 is 2.11 bits per heavy atom. The monoisotopic (exact) mass is 274 g/mol. The zero-order valence-electron chi connectivity index (χ0n) is 11.8. The summed E-state index contributed by atoms with van der Waals surface area (Å²) in [5.41, 5.74) is -0.129. The number of hydrogen-bond donors (Lipinski definition) is 1. The number of rotatable bonds is 3. The molecule has 5 heteroatoms. The van der Waals surface area contributed by atoms with E-state index in [0.29, 0.717) is 23.6 Å². The summed E-state index contributed by atoms with van der Waals surface area (Å²) in [4.78, 5) is 2.40. The van der Waals surface area contributed by atoms with Gasteiger partial charge in [0.2, 0.25) is 0 Å². The fraction of sp³-hybridized carbons (Fsp3) is 1.00. The molecule has 0 spiro atoms. The molecule has 2 fully saturated rings. The van der Waals surface area contributed by atoms with Gasteiger partial charge >= 0.3 is 0 Å². The Labute approximate surface area is 111 Å². The van der Waals surface area contributed by atoms with Crippen molar-refractivity contribution in [3.8, 4) is 0 Å². The molecule has 0 amide bonds. The van der Waals surface area contributed by atoms with Crippen LogP contribution < -0.4 is 5.32 Å². The van der Waals surface area contributed by atoms with Gasteiger partial charge in [0.1, 0.15) is 0 Å². The van der Waals surface area contributed by atoms with Gasteiger partial charge < -0.3 is 5.32 Å². The molecule has 18 heavy (non-hydrogen) atoms. The maximum absolute atomic E-state index is 11.7. The number of likely N-dealkylation sites (tertiary alicyclic amines) is 1. The Bertz CT molecular complexity index is 394. The third kappa shape index (κ3) is 3.25. The van der Waals surface area contributed by atoms with E-state index in [0.717, 1.165) is 19.5 Å². The third-order valence-electron chi connectivity index (χ3n) is 4.24. The quantitative estimate of drug-likeness (QED) is 0.835. The zero-order valence-corrected chi connectivity index (χ0v) is 12.6. The van der Waals surface area contributed by atoms with Crippen LogP contribution in [0, 0.1) is 0 Å². The molecule has 1 N–H and O–H groups in total. The lowest BCUT2D eigenvalue weighted by molar-refractivity contribution is 0.0804. The minimum Gasteiger partial charge on any atom is -0.311 e. The van der Waals surface area contributed by atoms with Crippen molar-refractivity contribution >= 4 is 9.84 Å². The molecule has 106 valence electrons. The van der Waals surface area contributed by atoms with Crippen molar-refractivity contribution in [1.29, 1.82) is 0 Å². The predicted molar refractivity (Wildman–Crippen MR) is 74.5 cm³/mol. The van der Waals surface area contributed by atoms with Gasteiger partial charge in [-0.2, -0.15) is 0 Å². The van der Waals surface area contributed by atoms with E-state index in [2.05, 4.69) is 31.0 Å². The zero-order chi connectivity index (χ0) is 13.4. The van der Waals surface area contributed by atoms with Crippen LogP contribution in [0.15, 0.2) is 0 Å². The summed E-state index contributed by atoms with van der Waals surface area (Å²) in [6, 6.07) is 1.01. The smallest absolute Gasteiger partial charge is 0.152 e. The molecule has 0 aromatic rings. The van der Waals surface area contributed by atoms with Crippen LogP contribution in [0.1, 0.15) is 40.0 Å². The number of nitrogens with zero attached hydrogens (tertiary/aromatic N) is 1. The second kappa shape index (κ2) is 5.10. The van der Waals surface area contributed by atoms with E-state index in [1.807, 2.05) is 0 Å². The summed E-state index contributed by atoms with van der Waals surface area (Å²) in [5.74, 6) is 0.705. The van der Waals surface area contributed by atoms with Crippen molar-refractivity contribution in [2.75, 3.05) is 24.6 Å². The van der Waals surface area contributed by atoms with Crippen molar-refractivity contribution in [3.05, 3.63) is 0 Å². The van der Waals surface area contributed by atoms with E-state index >= 15 is 0 Å². The molecule has 2 aliphatic rings. The summed E-state index contributed by atoms with van der Waals surface area (Å²) in [7, 11) is -2.81. The van der Waals surface area contributed by atoms with Crippen LogP contribution in [-0.2, 0) is 9.84 Å². The van der Waals surface area contributed by atoms with Gasteiger partial charge in [0, 0.05) is 24.2 Å². The average Bonchev–Trinajstić information content (AvgIpc) is 2.54. The summed E-state index contributed by atoms with van der Waals surface area (Å²) >= 11 is 0. The van der Waals surface area contributed by atoms with E-state index in [1.165, 1.54) is 12.8 Å². The summed E-state index contributed by atoms with van der Waals surface area (Å²) in [5, 5.41) is 3.58. The molecule has 4 nitrogen and oxygen atoms in total. The second-order valence-corrected chi connectivity index (χ2v) is 8.63. The predicted octanol–water partition coefficient (Wildman–Crippen LogP) is 1.03. The van der Waals surface area contributed by atoms with Crippen molar-refractivity contribution in [1.82, 2.24) is 10.2 Å². The molecule has 0 bridgehead atoms. The molecule has 2 rings (SSSR count). The summed E-state index contributed by atoms with van der Waals surface area (Å²) in [6.07, 6.45) is 3.17. The van der Waals surface area contributed by atoms with Crippen LogP contribution in [0.2, 0.25) is 0 Å². The molecule has 0 aliphatic carbocycles. The molecule has 0 aromatic heterocycles. The number of hydrogen-bond acceptors (Lipinski definition) is 4. The van der Waals surface area contributed by atoms with Crippen LogP contribution in [-0.4, -0.2) is 55.5 Å². The van der Waals surface area contributed by atoms with Gasteiger partial charge in [-0.1, -0.05) is 13.8 Å². The van der Waals surface area contributed by atoms with E-state index in [4.69, 9.17) is 0 Å². The largest absolute Gasteiger partial charge is 0.311 e. The number of sulfone groups is 1. The Balaban J connectivity index is 2.01. The highest BCUT2D eigenvalue weighted by Gasteiger charge is 2.43. The van der Waals surface area contributed by atoms with Gasteiger partial charge in [-0.3, -0.25) is 4.90 Å². The van der Waals surface area contributed by atoms with Crippen molar-refractivity contribution < 1.29 is 8.42 Å². The third-order valence-corrected chi connectivity index (χ3v) is 6.12. The van der Waals surface area contributed by atoms with Gasteiger partial charge in [0.15, 0.2) is 9.84 Å². The van der Waals surface area contributed by atoms with Crippen LogP contribution in [0.25, 0.3) is 0 Å². The van der Waals surface area contributed by atoms with E-state index in [9.17, 15) is 8.42 Å². The molecule has 0 aromatic carbocycles. The lowest BCUT2D eigenvalue weighted by atomic mass is 9.94. The lowest BCUT2D eigenvalue weighted by Crippen LogP contribution is -2.56. The molecule has 2 atom stereocenters. The Morgan fingerprint density at radius 1 is 1.39 bits per heavy atom. The van der Waals surface area contributed by atoms with Crippen LogP contribution >= 0.6 is 0 Å². The number of nitrogens with one attached hydrogen (secondary N) is 1. The lowest BCUT2D eigenvalue weighted by Gasteiger charge is -2.43. The minimum absolute atomic E-state index is 0.129. The van der Waals surface area contributed by atoms with Gasteiger partial charge in [-0.25, -0.2) is 8.42 Å². The SMILES string of the molecule is CC(C)NC1CCCN(C2(C)CCS(=O)(=O)C2)C1. The van der Waals surface area contributed by atoms with Crippen LogP contribution in [0.3, 0.4) is 0 Å². The fourth-order valence-electron chi connectivity index (χ4n) is 3.32. The standard InChI is InChI=1S/C13H26N2O2S/c1-11(2)14-12-5-4-7-15(9-12)13(3)6-8-18(16,17)10-13/h11-12,14H,4-10H2,1-3H3. The Morgan fingerprint density at radius 3 is 2.67 bits per heavy atom. The summed E-state index contributed by atoms with van der Waals surface area (Å²) < 4.78 is 23.4. The molecular weight excluding hydrogens is 248 g/mol. The van der Waals surface area contributed by atoms with Crippen molar-refractivity contribution in [2.24, 2.45) is 0 Å². The highest BCUT2D eigenvalue weighted by Crippen LogP contribution is 2.31. The molecule has 2 heterocycles. The Hall–Kier alpha value is -0.130. The van der Waals surface area contributed by atoms with Crippen LogP contribution in [0.5, 0.6) is 0 Å². The highest BCUT2D eigenvalue weighted by molar-refractivity contribution is 7.91. The highest BCUT2D eigenvalue weighted by atomic mass is 32.2. The van der Waals surface area contributed by atoms with Gasteiger partial charge in [0.05, 0.1) is 11.5 Å². The maximum atomic E-state index is 11.7. The van der Waals surface area contributed by atoms with E-state index in [1.54, 1.807) is 0 Å². The molecular formula is C13H26N2O2S. The molecule has 0 radical (unpaired) electrons. The fourth-order valence-corrected chi connectivity index (χ4v) is 5.49. The van der Waals surface area contributed by atoms with Gasteiger partial charge in [0.25, 0.3) is 0 Å². The first-order valence-corrected chi connectivity index (χ1v) is 8.84.